The topological polar surface area (TPSA) is 102 Å². The molecular formula is C23H28ClN3O4S. The van der Waals surface area contributed by atoms with Gasteiger partial charge in [0.2, 0.25) is 15.9 Å². The van der Waals surface area contributed by atoms with Crippen LogP contribution in [0.1, 0.15) is 30.4 Å². The van der Waals surface area contributed by atoms with Gasteiger partial charge in [0.1, 0.15) is 0 Å². The van der Waals surface area contributed by atoms with Gasteiger partial charge < -0.3 is 15.0 Å². The molecule has 2 saturated heterocycles. The highest BCUT2D eigenvalue weighted by Crippen LogP contribution is 2.36. The Morgan fingerprint density at radius 1 is 1.22 bits per heavy atom. The van der Waals surface area contributed by atoms with Gasteiger partial charge in [-0.3, -0.25) is 4.79 Å². The van der Waals surface area contributed by atoms with E-state index in [0.717, 1.165) is 19.4 Å². The summed E-state index contributed by atoms with van der Waals surface area (Å²) in [5, 5.41) is 8.70. The molecule has 2 aliphatic heterocycles. The van der Waals surface area contributed by atoms with Crippen molar-refractivity contribution in [2.45, 2.75) is 49.3 Å². The average molecular weight is 478 g/mol. The van der Waals surface area contributed by atoms with E-state index in [2.05, 4.69) is 17.3 Å². The van der Waals surface area contributed by atoms with Gasteiger partial charge >= 0.3 is 0 Å². The monoisotopic (exact) mass is 477 g/mol. The van der Waals surface area contributed by atoms with Crippen molar-refractivity contribution in [2.75, 3.05) is 18.9 Å². The lowest BCUT2D eigenvalue weighted by Gasteiger charge is -2.47. The Hall–Kier alpha value is -1.97. The first kappa shape index (κ1) is 23.2. The molecule has 5 rings (SSSR count). The Balaban J connectivity index is 1.45. The Morgan fingerprint density at radius 3 is 2.66 bits per heavy atom. The lowest BCUT2D eigenvalue weighted by Crippen LogP contribution is -2.52. The van der Waals surface area contributed by atoms with Crippen LogP contribution in [0.2, 0.25) is 5.02 Å². The van der Waals surface area contributed by atoms with Crippen molar-refractivity contribution in [1.82, 2.24) is 4.90 Å². The SMILES string of the molecule is CN1CC2CC[C@H]1CC2OCc1ccc(NC(=O)Cc2ccccc2Cl)cc1S(N)(=O)=O. The van der Waals surface area contributed by atoms with E-state index >= 15 is 0 Å². The first-order valence-corrected chi connectivity index (χ1v) is 12.6. The lowest BCUT2D eigenvalue weighted by atomic mass is 9.78. The predicted octanol–water partition coefficient (Wildman–Crippen LogP) is 3.17. The highest BCUT2D eigenvalue weighted by molar-refractivity contribution is 7.89. The van der Waals surface area contributed by atoms with Crippen molar-refractivity contribution in [1.29, 1.82) is 0 Å². The van der Waals surface area contributed by atoms with Crippen LogP contribution in [-0.2, 0) is 32.6 Å². The number of sulfonamides is 1. The molecule has 3 aliphatic rings. The smallest absolute Gasteiger partial charge is 0.238 e. The number of amides is 1. The average Bonchev–Trinajstić information content (AvgIpc) is 2.74. The van der Waals surface area contributed by atoms with E-state index in [1.165, 1.54) is 12.5 Å². The van der Waals surface area contributed by atoms with Crippen molar-refractivity contribution in [3.8, 4) is 0 Å². The molecule has 1 amide bonds. The molecule has 3 atom stereocenters. The molecule has 2 heterocycles. The minimum absolute atomic E-state index is 0.0360. The lowest BCUT2D eigenvalue weighted by molar-refractivity contribution is -0.115. The number of carbonyl (C=O) groups is 1. The molecule has 2 aromatic carbocycles. The molecule has 0 aromatic heterocycles. The maximum Gasteiger partial charge on any atom is 0.238 e. The number of piperidine rings is 2. The second-order valence-electron chi connectivity index (χ2n) is 8.70. The molecule has 0 spiro atoms. The van der Waals surface area contributed by atoms with Crippen LogP contribution in [0.3, 0.4) is 0 Å². The number of fused-ring (bicyclic) bond motifs is 3. The number of primary sulfonamides is 1. The van der Waals surface area contributed by atoms with Crippen molar-refractivity contribution in [2.24, 2.45) is 11.1 Å². The third-order valence-corrected chi connectivity index (χ3v) is 7.83. The van der Waals surface area contributed by atoms with E-state index in [1.54, 1.807) is 36.4 Å². The minimum Gasteiger partial charge on any atom is -0.373 e. The van der Waals surface area contributed by atoms with Crippen LogP contribution in [-0.4, -0.2) is 45.0 Å². The van der Waals surface area contributed by atoms with Crippen molar-refractivity contribution < 1.29 is 17.9 Å². The van der Waals surface area contributed by atoms with Gasteiger partial charge in [0.25, 0.3) is 0 Å². The third kappa shape index (κ3) is 5.32. The van der Waals surface area contributed by atoms with Crippen LogP contribution in [0.15, 0.2) is 47.4 Å². The minimum atomic E-state index is -3.99. The fourth-order valence-electron chi connectivity index (χ4n) is 4.74. The van der Waals surface area contributed by atoms with E-state index < -0.39 is 10.0 Å². The fraction of sp³-hybridized carbons (Fsp3) is 0.435. The molecule has 2 unspecified atom stereocenters. The molecule has 1 saturated carbocycles. The zero-order chi connectivity index (χ0) is 22.9. The fourth-order valence-corrected chi connectivity index (χ4v) is 5.72. The summed E-state index contributed by atoms with van der Waals surface area (Å²) in [6.07, 6.45) is 3.48. The van der Waals surface area contributed by atoms with Gasteiger partial charge in [0.05, 0.1) is 24.0 Å². The summed E-state index contributed by atoms with van der Waals surface area (Å²) in [6, 6.07) is 12.3. The predicted molar refractivity (Wildman–Crippen MR) is 124 cm³/mol. The normalized spacial score (nSPS) is 23.3. The van der Waals surface area contributed by atoms with Crippen LogP contribution >= 0.6 is 11.6 Å². The number of nitrogens with zero attached hydrogens (tertiary/aromatic N) is 1. The van der Waals surface area contributed by atoms with Crippen molar-refractivity contribution in [3.05, 3.63) is 58.6 Å². The van der Waals surface area contributed by atoms with E-state index in [0.29, 0.717) is 33.8 Å². The summed E-state index contributed by atoms with van der Waals surface area (Å²) in [5.74, 6) is 0.163. The molecule has 7 nitrogen and oxygen atoms in total. The Morgan fingerprint density at radius 2 is 2.00 bits per heavy atom. The number of rotatable bonds is 7. The Kier molecular flexibility index (Phi) is 6.88. The maximum atomic E-state index is 12.4. The molecule has 2 aromatic rings. The summed E-state index contributed by atoms with van der Waals surface area (Å²) in [5.41, 5.74) is 1.54. The number of ether oxygens (including phenoxy) is 1. The summed E-state index contributed by atoms with van der Waals surface area (Å²) < 4.78 is 30.6. The molecule has 3 N–H and O–H groups in total. The number of carbonyl (C=O) groups excluding carboxylic acids is 1. The highest BCUT2D eigenvalue weighted by Gasteiger charge is 2.39. The van der Waals surface area contributed by atoms with Gasteiger partial charge in [-0.1, -0.05) is 35.9 Å². The van der Waals surface area contributed by atoms with E-state index in [-0.39, 0.29) is 29.9 Å². The quantitative estimate of drug-likeness (QED) is 0.637. The van der Waals surface area contributed by atoms with Crippen LogP contribution < -0.4 is 10.5 Å². The van der Waals surface area contributed by atoms with Crippen LogP contribution in [0.4, 0.5) is 5.69 Å². The second-order valence-corrected chi connectivity index (χ2v) is 10.6. The number of halogens is 1. The number of anilines is 1. The number of nitrogens with two attached hydrogens (primary N) is 1. The number of benzene rings is 2. The summed E-state index contributed by atoms with van der Waals surface area (Å²) >= 11 is 6.11. The summed E-state index contributed by atoms with van der Waals surface area (Å²) in [7, 11) is -1.85. The first-order chi connectivity index (χ1) is 15.2. The number of nitrogens with one attached hydrogen (secondary N) is 1. The standard InChI is InChI=1S/C23H28ClN3O4S/c1-27-13-16-7-9-19(27)12-21(16)31-14-17-6-8-18(11-22(17)32(25,29)30)26-23(28)10-15-4-2-3-5-20(15)24/h2-6,8,11,16,19,21H,7,9-10,12-14H2,1H3,(H,26,28)(H2,25,29,30)/t16?,19-,21?/m0/s1. The number of hydrogen-bond acceptors (Lipinski definition) is 5. The molecule has 32 heavy (non-hydrogen) atoms. The molecule has 0 radical (unpaired) electrons. The molecule has 172 valence electrons. The number of hydrogen-bond donors (Lipinski definition) is 2. The van der Waals surface area contributed by atoms with E-state index in [9.17, 15) is 13.2 Å². The van der Waals surface area contributed by atoms with Crippen LogP contribution in [0.25, 0.3) is 0 Å². The zero-order valence-corrected chi connectivity index (χ0v) is 19.5. The summed E-state index contributed by atoms with van der Waals surface area (Å²) in [6.45, 7) is 1.17. The van der Waals surface area contributed by atoms with E-state index in [4.69, 9.17) is 21.5 Å². The second kappa shape index (κ2) is 9.49. The van der Waals surface area contributed by atoms with Gasteiger partial charge in [-0.05, 0) is 61.6 Å². The van der Waals surface area contributed by atoms with Crippen LogP contribution in [0, 0.1) is 5.92 Å². The molecule has 1 aliphatic carbocycles. The van der Waals surface area contributed by atoms with Crippen molar-refractivity contribution in [3.63, 3.8) is 0 Å². The van der Waals surface area contributed by atoms with Gasteiger partial charge in [-0.25, -0.2) is 13.6 Å². The van der Waals surface area contributed by atoms with Crippen molar-refractivity contribution >= 4 is 33.2 Å². The van der Waals surface area contributed by atoms with Gasteiger partial charge in [0.15, 0.2) is 0 Å². The van der Waals surface area contributed by atoms with Crippen LogP contribution in [0.5, 0.6) is 0 Å². The highest BCUT2D eigenvalue weighted by atomic mass is 35.5. The maximum absolute atomic E-state index is 12.4. The Bertz CT molecular complexity index is 1110. The van der Waals surface area contributed by atoms with Gasteiger partial charge in [-0.2, -0.15) is 0 Å². The molecule has 9 heteroatoms. The molecule has 2 bridgehead atoms. The first-order valence-electron chi connectivity index (χ1n) is 10.7. The third-order valence-electron chi connectivity index (χ3n) is 6.47. The molecule has 3 fully saturated rings. The zero-order valence-electron chi connectivity index (χ0n) is 18.0. The summed E-state index contributed by atoms with van der Waals surface area (Å²) in [4.78, 5) is 14.8. The van der Waals surface area contributed by atoms with E-state index in [1.807, 2.05) is 0 Å². The largest absolute Gasteiger partial charge is 0.373 e. The van der Waals surface area contributed by atoms with Gasteiger partial charge in [-0.15, -0.1) is 0 Å². The Labute approximate surface area is 193 Å². The molecular weight excluding hydrogens is 450 g/mol. The van der Waals surface area contributed by atoms with Gasteiger partial charge in [0, 0.05) is 23.3 Å².